The molecule has 1 N–H and O–H groups in total. The Morgan fingerprint density at radius 2 is 1.96 bits per heavy atom. The van der Waals surface area contributed by atoms with E-state index in [1.54, 1.807) is 43.6 Å². The normalized spacial score (nSPS) is 25.1. The molecule has 0 bridgehead atoms. The van der Waals surface area contributed by atoms with E-state index < -0.39 is 22.2 Å². The van der Waals surface area contributed by atoms with E-state index in [0.717, 1.165) is 18.7 Å². The van der Waals surface area contributed by atoms with Gasteiger partial charge >= 0.3 is 0 Å². The van der Waals surface area contributed by atoms with E-state index in [-0.39, 0.29) is 10.9 Å². The highest BCUT2D eigenvalue weighted by molar-refractivity contribution is 7.89. The zero-order valence-electron chi connectivity index (χ0n) is 13.9. The van der Waals surface area contributed by atoms with Crippen molar-refractivity contribution in [2.24, 2.45) is 0 Å². The van der Waals surface area contributed by atoms with Crippen LogP contribution in [0.1, 0.15) is 31.1 Å². The summed E-state index contributed by atoms with van der Waals surface area (Å²) in [4.78, 5) is 4.46. The zero-order valence-corrected chi connectivity index (χ0v) is 14.7. The monoisotopic (exact) mass is 349 g/mol. The topological polar surface area (TPSA) is 75.4 Å². The average Bonchev–Trinajstić information content (AvgIpc) is 3.01. The number of benzene rings is 1. The van der Waals surface area contributed by atoms with Crippen LogP contribution in [-0.4, -0.2) is 46.6 Å². The molecule has 6 nitrogen and oxygen atoms in total. The number of aliphatic hydroxyl groups excluding tert-OH is 1. The number of aryl methyl sites for hydroxylation is 1. The lowest BCUT2D eigenvalue weighted by molar-refractivity contribution is 0.0201. The molecule has 1 heterocycles. The lowest BCUT2D eigenvalue weighted by Gasteiger charge is -2.40. The van der Waals surface area contributed by atoms with Gasteiger partial charge in [-0.1, -0.05) is 18.2 Å². The second-order valence-electron chi connectivity index (χ2n) is 6.27. The second kappa shape index (κ2) is 6.66. The first kappa shape index (κ1) is 17.1. The third-order valence-corrected chi connectivity index (χ3v) is 6.79. The molecule has 3 rings (SSSR count). The van der Waals surface area contributed by atoms with Gasteiger partial charge in [0, 0.05) is 19.4 Å². The van der Waals surface area contributed by atoms with Crippen LogP contribution in [0.5, 0.6) is 0 Å². The van der Waals surface area contributed by atoms with Gasteiger partial charge in [0.1, 0.15) is 5.82 Å². The van der Waals surface area contributed by atoms with Crippen LogP contribution in [0.25, 0.3) is 0 Å². The van der Waals surface area contributed by atoms with Crippen LogP contribution in [-0.2, 0) is 10.0 Å². The van der Waals surface area contributed by atoms with Gasteiger partial charge in [-0.2, -0.15) is 4.31 Å². The van der Waals surface area contributed by atoms with Gasteiger partial charge in [0.2, 0.25) is 10.0 Å². The Labute approximate surface area is 142 Å². The van der Waals surface area contributed by atoms with E-state index in [2.05, 4.69) is 4.98 Å². The molecule has 130 valence electrons. The summed E-state index contributed by atoms with van der Waals surface area (Å²) >= 11 is 0. The van der Waals surface area contributed by atoms with Gasteiger partial charge in [-0.15, -0.1) is 0 Å². The van der Waals surface area contributed by atoms with E-state index in [1.165, 1.54) is 4.31 Å². The number of hydrogen-bond donors (Lipinski definition) is 1. The fraction of sp³-hybridized carbons (Fsp3) is 0.471. The predicted molar refractivity (Wildman–Crippen MR) is 91.0 cm³/mol. The summed E-state index contributed by atoms with van der Waals surface area (Å²) < 4.78 is 28.9. The molecule has 1 aliphatic rings. The highest BCUT2D eigenvalue weighted by atomic mass is 32.2. The van der Waals surface area contributed by atoms with Crippen molar-refractivity contribution in [3.8, 4) is 0 Å². The summed E-state index contributed by atoms with van der Waals surface area (Å²) in [6, 6.07) is 7.75. The lowest BCUT2D eigenvalue weighted by atomic mass is 9.88. The maximum Gasteiger partial charge on any atom is 0.243 e. The van der Waals surface area contributed by atoms with Gasteiger partial charge in [0.15, 0.2) is 0 Å². The Bertz CT molecular complexity index is 788. The molecule has 0 amide bonds. The summed E-state index contributed by atoms with van der Waals surface area (Å²) in [7, 11) is -2.07. The Kier molecular flexibility index (Phi) is 4.76. The van der Waals surface area contributed by atoms with Crippen molar-refractivity contribution in [3.05, 3.63) is 48.5 Å². The third-order valence-electron chi connectivity index (χ3n) is 4.90. The van der Waals surface area contributed by atoms with Crippen molar-refractivity contribution in [1.82, 2.24) is 13.9 Å². The molecule has 0 aliphatic heterocycles. The quantitative estimate of drug-likeness (QED) is 0.916. The number of aliphatic hydroxyl groups is 1. The number of imidazole rings is 1. The van der Waals surface area contributed by atoms with Crippen LogP contribution in [0.4, 0.5) is 0 Å². The molecule has 1 saturated carbocycles. The lowest BCUT2D eigenvalue weighted by Crippen LogP contribution is -2.50. The molecule has 2 aromatic rings. The van der Waals surface area contributed by atoms with E-state index in [1.807, 2.05) is 17.7 Å². The molecule has 1 fully saturated rings. The minimum Gasteiger partial charge on any atom is -0.389 e. The van der Waals surface area contributed by atoms with Crippen molar-refractivity contribution in [1.29, 1.82) is 0 Å². The number of hydrogen-bond acceptors (Lipinski definition) is 4. The molecule has 7 heteroatoms. The minimum atomic E-state index is -3.63. The number of likely N-dealkylation sites (N-methyl/N-ethyl adjacent to an activating group) is 1. The minimum absolute atomic E-state index is 0.153. The maximum atomic E-state index is 12.8. The Balaban J connectivity index is 1.87. The van der Waals surface area contributed by atoms with Crippen molar-refractivity contribution >= 4 is 10.0 Å². The van der Waals surface area contributed by atoms with E-state index in [0.29, 0.717) is 6.42 Å². The maximum absolute atomic E-state index is 12.8. The van der Waals surface area contributed by atoms with Crippen molar-refractivity contribution < 1.29 is 13.5 Å². The first-order chi connectivity index (χ1) is 11.4. The summed E-state index contributed by atoms with van der Waals surface area (Å²) in [5.41, 5.74) is 0. The number of sulfonamides is 1. The Hall–Kier alpha value is -1.70. The van der Waals surface area contributed by atoms with Crippen molar-refractivity contribution in [2.45, 2.75) is 49.3 Å². The molecule has 3 atom stereocenters. The van der Waals surface area contributed by atoms with Crippen LogP contribution in [0.2, 0.25) is 0 Å². The molecular weight excluding hydrogens is 326 g/mol. The van der Waals surface area contributed by atoms with Gasteiger partial charge in [-0.3, -0.25) is 0 Å². The smallest absolute Gasteiger partial charge is 0.243 e. The van der Waals surface area contributed by atoms with E-state index >= 15 is 0 Å². The molecule has 1 aromatic heterocycles. The molecule has 1 aromatic carbocycles. The largest absolute Gasteiger partial charge is 0.389 e. The highest BCUT2D eigenvalue weighted by Gasteiger charge is 2.39. The first-order valence-corrected chi connectivity index (χ1v) is 9.57. The molecular formula is C17H23N3O3S. The molecule has 1 aliphatic carbocycles. The highest BCUT2D eigenvalue weighted by Crippen LogP contribution is 2.34. The van der Waals surface area contributed by atoms with Gasteiger partial charge in [-0.05, 0) is 38.3 Å². The molecule has 0 saturated heterocycles. The van der Waals surface area contributed by atoms with Crippen molar-refractivity contribution in [3.63, 3.8) is 0 Å². The van der Waals surface area contributed by atoms with Gasteiger partial charge in [-0.25, -0.2) is 13.4 Å². The van der Waals surface area contributed by atoms with Gasteiger partial charge in [0.05, 0.1) is 23.1 Å². The fourth-order valence-electron chi connectivity index (χ4n) is 3.51. The standard InChI is InChI=1S/C17H23N3O3S/c1-13-18-11-12-20(13)16-10-6-9-15(17(16)21)19(2)24(22,23)14-7-4-3-5-8-14/h3-5,7-8,11-12,15-17,21H,6,9-10H2,1-2H3/t15-,16-,17-/m1/s1. The summed E-state index contributed by atoms with van der Waals surface area (Å²) in [5, 5.41) is 10.9. The predicted octanol–water partition coefficient (Wildman–Crippen LogP) is 1.97. The summed E-state index contributed by atoms with van der Waals surface area (Å²) in [5.74, 6) is 0.827. The Morgan fingerprint density at radius 3 is 2.58 bits per heavy atom. The van der Waals surface area contributed by atoms with E-state index in [4.69, 9.17) is 0 Å². The summed E-state index contributed by atoms with van der Waals surface area (Å²) in [6.07, 6.45) is 5.10. The number of aromatic nitrogens is 2. The van der Waals surface area contributed by atoms with Gasteiger partial charge < -0.3 is 9.67 Å². The van der Waals surface area contributed by atoms with Crippen LogP contribution >= 0.6 is 0 Å². The molecule has 0 unspecified atom stereocenters. The molecule has 0 radical (unpaired) electrons. The second-order valence-corrected chi connectivity index (χ2v) is 8.27. The van der Waals surface area contributed by atoms with Crippen LogP contribution in [0.15, 0.2) is 47.6 Å². The zero-order chi connectivity index (χ0) is 17.3. The third kappa shape index (κ3) is 2.99. The van der Waals surface area contributed by atoms with E-state index in [9.17, 15) is 13.5 Å². The average molecular weight is 349 g/mol. The SMILES string of the molecule is Cc1nccn1[C@@H]1CCC[C@@H](N(C)S(=O)(=O)c2ccccc2)[C@H]1O. The van der Waals surface area contributed by atoms with Crippen LogP contribution in [0.3, 0.4) is 0 Å². The van der Waals surface area contributed by atoms with Crippen LogP contribution in [0, 0.1) is 6.92 Å². The van der Waals surface area contributed by atoms with Gasteiger partial charge in [0.25, 0.3) is 0 Å². The molecule has 24 heavy (non-hydrogen) atoms. The summed E-state index contributed by atoms with van der Waals surface area (Å²) in [6.45, 7) is 1.89. The fourth-order valence-corrected chi connectivity index (χ4v) is 4.93. The van der Waals surface area contributed by atoms with Crippen molar-refractivity contribution in [2.75, 3.05) is 7.05 Å². The number of nitrogens with zero attached hydrogens (tertiary/aromatic N) is 3. The Morgan fingerprint density at radius 1 is 1.25 bits per heavy atom. The first-order valence-electron chi connectivity index (χ1n) is 8.13. The molecule has 0 spiro atoms. The number of rotatable bonds is 4. The van der Waals surface area contributed by atoms with Crippen LogP contribution < -0.4 is 0 Å².